The van der Waals surface area contributed by atoms with Crippen molar-refractivity contribution >= 4 is 0 Å². The molecule has 1 atom stereocenters. The van der Waals surface area contributed by atoms with E-state index < -0.39 is 0 Å². The van der Waals surface area contributed by atoms with Gasteiger partial charge >= 0.3 is 0 Å². The van der Waals surface area contributed by atoms with E-state index in [1.807, 2.05) is 44.2 Å². The summed E-state index contributed by atoms with van der Waals surface area (Å²) in [7, 11) is 1.54. The third-order valence-corrected chi connectivity index (χ3v) is 4.05. The average Bonchev–Trinajstić information content (AvgIpc) is 2.63. The van der Waals surface area contributed by atoms with Crippen molar-refractivity contribution in [3.8, 4) is 23.0 Å². The quantitative estimate of drug-likeness (QED) is 0.728. The molecule has 0 amide bonds. The monoisotopic (exact) mass is 345 g/mol. The van der Waals surface area contributed by atoms with Gasteiger partial charge in [-0.25, -0.2) is 0 Å². The summed E-state index contributed by atoms with van der Waals surface area (Å²) in [5, 5.41) is 9.74. The Hall–Kier alpha value is -2.40. The minimum Gasteiger partial charge on any atom is -0.504 e. The number of methoxy groups -OCH3 is 1. The Morgan fingerprint density at radius 1 is 0.960 bits per heavy atom. The number of phenolic OH excluding ortho intramolecular Hbond substituents is 1. The van der Waals surface area contributed by atoms with Gasteiger partial charge < -0.3 is 25.1 Å². The van der Waals surface area contributed by atoms with Crippen molar-refractivity contribution in [1.29, 1.82) is 0 Å². The van der Waals surface area contributed by atoms with Gasteiger partial charge in [0.2, 0.25) is 0 Å². The van der Waals surface area contributed by atoms with Gasteiger partial charge in [-0.1, -0.05) is 12.1 Å². The van der Waals surface area contributed by atoms with E-state index in [-0.39, 0.29) is 11.7 Å². The van der Waals surface area contributed by atoms with Crippen molar-refractivity contribution in [2.75, 3.05) is 26.9 Å². The molecule has 0 saturated heterocycles. The summed E-state index contributed by atoms with van der Waals surface area (Å²) in [5.74, 6) is 2.22. The van der Waals surface area contributed by atoms with Gasteiger partial charge in [0.15, 0.2) is 23.0 Å². The largest absolute Gasteiger partial charge is 0.504 e. The molecule has 0 saturated carbocycles. The van der Waals surface area contributed by atoms with Crippen molar-refractivity contribution in [1.82, 2.24) is 0 Å². The number of ether oxygens (including phenoxy) is 3. The fraction of sp³-hybridized carbons (Fsp3) is 0.400. The van der Waals surface area contributed by atoms with Crippen molar-refractivity contribution < 1.29 is 19.3 Å². The number of benzene rings is 2. The van der Waals surface area contributed by atoms with Gasteiger partial charge in [0, 0.05) is 5.92 Å². The summed E-state index contributed by atoms with van der Waals surface area (Å²) in [6.45, 7) is 5.57. The number of rotatable bonds is 9. The molecule has 0 spiro atoms. The van der Waals surface area contributed by atoms with E-state index in [1.165, 1.54) is 0 Å². The lowest BCUT2D eigenvalue weighted by Gasteiger charge is -2.19. The summed E-state index contributed by atoms with van der Waals surface area (Å²) in [6.07, 6.45) is 0.743. The van der Waals surface area contributed by atoms with Crippen LogP contribution in [-0.2, 0) is 6.42 Å². The second kappa shape index (κ2) is 9.18. The fourth-order valence-electron chi connectivity index (χ4n) is 2.79. The first-order chi connectivity index (χ1) is 12.1. The van der Waals surface area contributed by atoms with Crippen molar-refractivity contribution in [3.63, 3.8) is 0 Å². The first kappa shape index (κ1) is 18.9. The van der Waals surface area contributed by atoms with Crippen LogP contribution in [0, 0.1) is 0 Å². The second-order valence-corrected chi connectivity index (χ2v) is 5.72. The molecule has 0 fully saturated rings. The van der Waals surface area contributed by atoms with Crippen LogP contribution in [0.5, 0.6) is 23.0 Å². The Labute approximate surface area is 149 Å². The molecule has 25 heavy (non-hydrogen) atoms. The van der Waals surface area contributed by atoms with E-state index in [4.69, 9.17) is 19.9 Å². The SMILES string of the molecule is CCOc1ccc(C(CN)Cc2ccc(O)c(OC)c2)cc1OCC. The predicted molar refractivity (Wildman–Crippen MR) is 98.9 cm³/mol. The van der Waals surface area contributed by atoms with Crippen LogP contribution in [0.15, 0.2) is 36.4 Å². The van der Waals surface area contributed by atoms with Gasteiger partial charge in [-0.05, 0) is 62.2 Å². The van der Waals surface area contributed by atoms with Crippen molar-refractivity contribution in [2.24, 2.45) is 5.73 Å². The fourth-order valence-corrected chi connectivity index (χ4v) is 2.79. The number of hydrogen-bond donors (Lipinski definition) is 2. The zero-order chi connectivity index (χ0) is 18.2. The first-order valence-corrected chi connectivity index (χ1v) is 8.58. The normalized spacial score (nSPS) is 11.8. The molecule has 2 aromatic rings. The van der Waals surface area contributed by atoms with Crippen LogP contribution < -0.4 is 19.9 Å². The van der Waals surface area contributed by atoms with Crippen LogP contribution in [0.1, 0.15) is 30.9 Å². The third kappa shape index (κ3) is 4.79. The highest BCUT2D eigenvalue weighted by Gasteiger charge is 2.15. The highest BCUT2D eigenvalue weighted by atomic mass is 16.5. The Balaban J connectivity index is 2.26. The van der Waals surface area contributed by atoms with Crippen LogP contribution in [-0.4, -0.2) is 32.0 Å². The van der Waals surface area contributed by atoms with E-state index in [2.05, 4.69) is 0 Å². The maximum Gasteiger partial charge on any atom is 0.161 e. The van der Waals surface area contributed by atoms with E-state index in [0.717, 1.165) is 29.0 Å². The number of aromatic hydroxyl groups is 1. The lowest BCUT2D eigenvalue weighted by Crippen LogP contribution is -2.15. The second-order valence-electron chi connectivity index (χ2n) is 5.72. The number of nitrogens with two attached hydrogens (primary N) is 1. The minimum atomic E-state index is 0.129. The molecule has 0 aliphatic rings. The lowest BCUT2D eigenvalue weighted by molar-refractivity contribution is 0.287. The van der Waals surface area contributed by atoms with Gasteiger partial charge in [-0.3, -0.25) is 0 Å². The molecule has 0 heterocycles. The maximum atomic E-state index is 9.74. The summed E-state index contributed by atoms with van der Waals surface area (Å²) in [6, 6.07) is 11.3. The molecule has 5 nitrogen and oxygen atoms in total. The van der Waals surface area contributed by atoms with Crippen molar-refractivity contribution in [2.45, 2.75) is 26.2 Å². The predicted octanol–water partition coefficient (Wildman–Crippen LogP) is 3.48. The highest BCUT2D eigenvalue weighted by molar-refractivity contribution is 5.45. The van der Waals surface area contributed by atoms with E-state index in [9.17, 15) is 5.11 Å². The minimum absolute atomic E-state index is 0.129. The Morgan fingerprint density at radius 2 is 1.68 bits per heavy atom. The summed E-state index contributed by atoms with van der Waals surface area (Å²) in [5.41, 5.74) is 8.17. The first-order valence-electron chi connectivity index (χ1n) is 8.58. The van der Waals surface area contributed by atoms with E-state index >= 15 is 0 Å². The zero-order valence-electron chi connectivity index (χ0n) is 15.1. The summed E-state index contributed by atoms with van der Waals surface area (Å²) < 4.78 is 16.5. The van der Waals surface area contributed by atoms with E-state index in [0.29, 0.717) is 25.5 Å². The molecule has 5 heteroatoms. The Kier molecular flexibility index (Phi) is 6.95. The van der Waals surface area contributed by atoms with Gasteiger partial charge in [0.25, 0.3) is 0 Å². The standard InChI is InChI=1S/C20H27NO4/c1-4-24-18-9-7-15(12-20(18)25-5-2)16(13-21)10-14-6-8-17(22)19(11-14)23-3/h6-9,11-12,16,22H,4-5,10,13,21H2,1-3H3. The molecule has 0 radical (unpaired) electrons. The van der Waals surface area contributed by atoms with Crippen LogP contribution in [0.25, 0.3) is 0 Å². The third-order valence-electron chi connectivity index (χ3n) is 4.05. The molecular weight excluding hydrogens is 318 g/mol. The average molecular weight is 345 g/mol. The molecule has 0 aliphatic heterocycles. The van der Waals surface area contributed by atoms with Gasteiger partial charge in [-0.2, -0.15) is 0 Å². The topological polar surface area (TPSA) is 73.9 Å². The van der Waals surface area contributed by atoms with Gasteiger partial charge in [0.05, 0.1) is 20.3 Å². The molecule has 0 aromatic heterocycles. The molecule has 0 aliphatic carbocycles. The van der Waals surface area contributed by atoms with Gasteiger partial charge in [0.1, 0.15) is 0 Å². The number of hydrogen-bond acceptors (Lipinski definition) is 5. The van der Waals surface area contributed by atoms with Gasteiger partial charge in [-0.15, -0.1) is 0 Å². The molecule has 2 aromatic carbocycles. The number of phenols is 1. The molecular formula is C20H27NO4. The van der Waals surface area contributed by atoms with Crippen LogP contribution in [0.3, 0.4) is 0 Å². The lowest BCUT2D eigenvalue weighted by atomic mass is 9.91. The molecule has 1 unspecified atom stereocenters. The summed E-state index contributed by atoms with van der Waals surface area (Å²) >= 11 is 0. The van der Waals surface area contributed by atoms with Crippen LogP contribution in [0.4, 0.5) is 0 Å². The summed E-state index contributed by atoms with van der Waals surface area (Å²) in [4.78, 5) is 0. The molecule has 0 bridgehead atoms. The van der Waals surface area contributed by atoms with Crippen LogP contribution >= 0.6 is 0 Å². The maximum absolute atomic E-state index is 9.74. The molecule has 2 rings (SSSR count). The van der Waals surface area contributed by atoms with Crippen molar-refractivity contribution in [3.05, 3.63) is 47.5 Å². The molecule has 136 valence electrons. The Bertz CT molecular complexity index is 687. The molecule has 3 N–H and O–H groups in total. The zero-order valence-corrected chi connectivity index (χ0v) is 15.1. The Morgan fingerprint density at radius 3 is 2.32 bits per heavy atom. The smallest absolute Gasteiger partial charge is 0.161 e. The highest BCUT2D eigenvalue weighted by Crippen LogP contribution is 2.33. The van der Waals surface area contributed by atoms with E-state index in [1.54, 1.807) is 13.2 Å². The van der Waals surface area contributed by atoms with Crippen LogP contribution in [0.2, 0.25) is 0 Å².